The Bertz CT molecular complexity index is 712. The molecule has 0 N–H and O–H groups in total. The number of benzene rings is 2. The van der Waals surface area contributed by atoms with Gasteiger partial charge in [-0.3, -0.25) is 4.79 Å². The maximum absolute atomic E-state index is 14.0. The average molecular weight is 318 g/mol. The molecule has 0 atom stereocenters. The second kappa shape index (κ2) is 5.73. The van der Waals surface area contributed by atoms with Gasteiger partial charge in [0.2, 0.25) is 5.91 Å². The minimum absolute atomic E-state index is 0.0777. The summed E-state index contributed by atoms with van der Waals surface area (Å²) >= 11 is 6.07. The predicted octanol–water partition coefficient (Wildman–Crippen LogP) is 4.56. The zero-order valence-electron chi connectivity index (χ0n) is 12.4. The van der Waals surface area contributed by atoms with Gasteiger partial charge in [-0.2, -0.15) is 0 Å². The number of hydrogen-bond donors (Lipinski definition) is 0. The van der Waals surface area contributed by atoms with Crippen molar-refractivity contribution in [1.29, 1.82) is 0 Å². The third-order valence-corrected chi connectivity index (χ3v) is 4.75. The molecular formula is C18H17ClFNO. The molecular weight excluding hydrogens is 301 g/mol. The minimum Gasteiger partial charge on any atom is -0.312 e. The topological polar surface area (TPSA) is 20.3 Å². The second-order valence-corrected chi connectivity index (χ2v) is 6.20. The van der Waals surface area contributed by atoms with E-state index in [-0.39, 0.29) is 11.7 Å². The van der Waals surface area contributed by atoms with Gasteiger partial charge in [0, 0.05) is 12.1 Å². The molecule has 2 aromatic carbocycles. The normalized spacial score (nSPS) is 16.0. The van der Waals surface area contributed by atoms with Crippen molar-refractivity contribution in [2.75, 3.05) is 11.9 Å². The van der Waals surface area contributed by atoms with E-state index in [1.54, 1.807) is 31.3 Å². The van der Waals surface area contributed by atoms with Crippen LogP contribution in [0.15, 0.2) is 48.5 Å². The van der Waals surface area contributed by atoms with Gasteiger partial charge in [0.05, 0.1) is 11.1 Å². The van der Waals surface area contributed by atoms with Crippen LogP contribution in [0.3, 0.4) is 0 Å². The van der Waals surface area contributed by atoms with E-state index in [0.717, 1.165) is 24.8 Å². The smallest absolute Gasteiger partial charge is 0.237 e. The van der Waals surface area contributed by atoms with E-state index in [1.807, 2.05) is 18.2 Å². The molecule has 114 valence electrons. The van der Waals surface area contributed by atoms with E-state index in [0.29, 0.717) is 10.7 Å². The Morgan fingerprint density at radius 1 is 1.18 bits per heavy atom. The molecule has 2 nitrogen and oxygen atoms in total. The lowest BCUT2D eigenvalue weighted by Crippen LogP contribution is -2.50. The first-order valence-corrected chi connectivity index (χ1v) is 7.71. The van der Waals surface area contributed by atoms with E-state index in [2.05, 4.69) is 0 Å². The second-order valence-electron chi connectivity index (χ2n) is 5.76. The monoisotopic (exact) mass is 317 g/mol. The van der Waals surface area contributed by atoms with E-state index < -0.39 is 5.41 Å². The third-order valence-electron chi connectivity index (χ3n) is 4.51. The third kappa shape index (κ3) is 2.40. The summed E-state index contributed by atoms with van der Waals surface area (Å²) < 4.78 is 14.0. The molecule has 2 aromatic rings. The zero-order valence-corrected chi connectivity index (χ0v) is 13.1. The molecule has 22 heavy (non-hydrogen) atoms. The fourth-order valence-corrected chi connectivity index (χ4v) is 3.29. The Kier molecular flexibility index (Phi) is 3.92. The lowest BCUT2D eigenvalue weighted by Gasteiger charge is -2.43. The van der Waals surface area contributed by atoms with Crippen LogP contribution in [0, 0.1) is 5.82 Å². The molecule has 0 unspecified atom stereocenters. The number of hydrogen-bond acceptors (Lipinski definition) is 1. The Morgan fingerprint density at radius 2 is 1.91 bits per heavy atom. The zero-order chi connectivity index (χ0) is 15.7. The molecule has 0 spiro atoms. The molecule has 1 aliphatic carbocycles. The first-order chi connectivity index (χ1) is 10.5. The van der Waals surface area contributed by atoms with Crippen LogP contribution in [0.5, 0.6) is 0 Å². The summed E-state index contributed by atoms with van der Waals surface area (Å²) in [4.78, 5) is 14.5. The van der Waals surface area contributed by atoms with Crippen molar-refractivity contribution in [2.24, 2.45) is 0 Å². The van der Waals surface area contributed by atoms with Crippen LogP contribution < -0.4 is 4.90 Å². The van der Waals surface area contributed by atoms with Crippen molar-refractivity contribution in [3.8, 4) is 0 Å². The summed E-state index contributed by atoms with van der Waals surface area (Å²) in [6.45, 7) is 0. The van der Waals surface area contributed by atoms with Gasteiger partial charge in [0.25, 0.3) is 0 Å². The molecule has 0 bridgehead atoms. The van der Waals surface area contributed by atoms with E-state index in [4.69, 9.17) is 11.6 Å². The number of carbonyl (C=O) groups excluding carboxylic acids is 1. The van der Waals surface area contributed by atoms with Gasteiger partial charge in [-0.05, 0) is 42.7 Å². The lowest BCUT2D eigenvalue weighted by molar-refractivity contribution is -0.126. The van der Waals surface area contributed by atoms with Crippen LogP contribution in [0.2, 0.25) is 5.02 Å². The summed E-state index contributed by atoms with van der Waals surface area (Å²) in [7, 11) is 1.63. The van der Waals surface area contributed by atoms with Crippen molar-refractivity contribution in [1.82, 2.24) is 0 Å². The molecule has 3 rings (SSSR count). The average Bonchev–Trinajstić information content (AvgIpc) is 2.46. The molecule has 0 radical (unpaired) electrons. The Hall–Kier alpha value is -1.87. The Balaban J connectivity index is 1.97. The number of likely N-dealkylation sites (N-methyl/N-ethyl adjacent to an activating group) is 1. The van der Waals surface area contributed by atoms with Gasteiger partial charge in [-0.15, -0.1) is 0 Å². The van der Waals surface area contributed by atoms with Gasteiger partial charge in [-0.25, -0.2) is 4.39 Å². The van der Waals surface area contributed by atoms with Crippen molar-refractivity contribution in [3.63, 3.8) is 0 Å². The van der Waals surface area contributed by atoms with E-state index >= 15 is 0 Å². The van der Waals surface area contributed by atoms with Gasteiger partial charge in [0.15, 0.2) is 0 Å². The van der Waals surface area contributed by atoms with Crippen molar-refractivity contribution in [2.45, 2.75) is 24.7 Å². The minimum atomic E-state index is -0.581. The summed E-state index contributed by atoms with van der Waals surface area (Å²) in [5.41, 5.74) is 0.641. The quantitative estimate of drug-likeness (QED) is 0.812. The first-order valence-electron chi connectivity index (χ1n) is 7.33. The standard InChI is InChI=1S/C18H17ClFNO/c1-21(16-9-3-2-8-15(16)20)17(22)18(10-5-11-18)13-6-4-7-14(19)12-13/h2-4,6-9,12H,5,10-11H2,1H3. The van der Waals surface area contributed by atoms with Crippen LogP contribution in [0.25, 0.3) is 0 Å². The molecule has 1 aliphatic rings. The SMILES string of the molecule is CN(C(=O)C1(c2cccc(Cl)c2)CCC1)c1ccccc1F. The summed E-state index contributed by atoms with van der Waals surface area (Å²) in [5, 5.41) is 0.616. The van der Waals surface area contributed by atoms with Crippen LogP contribution in [-0.2, 0) is 10.2 Å². The first kappa shape index (κ1) is 15.0. The number of anilines is 1. The summed E-state index contributed by atoms with van der Waals surface area (Å²) in [5.74, 6) is -0.468. The molecule has 1 amide bonds. The number of para-hydroxylation sites is 1. The van der Waals surface area contributed by atoms with E-state index in [1.165, 1.54) is 11.0 Å². The van der Waals surface area contributed by atoms with Crippen molar-refractivity contribution in [3.05, 3.63) is 64.9 Å². The van der Waals surface area contributed by atoms with Gasteiger partial charge < -0.3 is 4.90 Å². The fourth-order valence-electron chi connectivity index (χ4n) is 3.10. The van der Waals surface area contributed by atoms with E-state index in [9.17, 15) is 9.18 Å². The number of amides is 1. The summed E-state index contributed by atoms with van der Waals surface area (Å²) in [6.07, 6.45) is 2.53. The number of halogens is 2. The largest absolute Gasteiger partial charge is 0.312 e. The number of carbonyl (C=O) groups is 1. The molecule has 0 saturated heterocycles. The van der Waals surface area contributed by atoms with Crippen LogP contribution in [0.4, 0.5) is 10.1 Å². The van der Waals surface area contributed by atoms with Crippen LogP contribution >= 0.6 is 11.6 Å². The molecule has 1 fully saturated rings. The van der Waals surface area contributed by atoms with Gasteiger partial charge >= 0.3 is 0 Å². The van der Waals surface area contributed by atoms with Crippen molar-refractivity contribution >= 4 is 23.2 Å². The highest BCUT2D eigenvalue weighted by atomic mass is 35.5. The Morgan fingerprint density at radius 3 is 2.50 bits per heavy atom. The Labute approximate surface area is 134 Å². The molecule has 0 heterocycles. The van der Waals surface area contributed by atoms with Crippen LogP contribution in [-0.4, -0.2) is 13.0 Å². The van der Waals surface area contributed by atoms with Gasteiger partial charge in [-0.1, -0.05) is 42.3 Å². The van der Waals surface area contributed by atoms with Gasteiger partial charge in [0.1, 0.15) is 5.82 Å². The number of rotatable bonds is 3. The lowest BCUT2D eigenvalue weighted by atomic mass is 9.63. The number of nitrogens with zero attached hydrogens (tertiary/aromatic N) is 1. The highest BCUT2D eigenvalue weighted by molar-refractivity contribution is 6.30. The predicted molar refractivity (Wildman–Crippen MR) is 86.8 cm³/mol. The van der Waals surface area contributed by atoms with Crippen LogP contribution in [0.1, 0.15) is 24.8 Å². The highest BCUT2D eigenvalue weighted by Crippen LogP contribution is 2.46. The summed E-state index contributed by atoms with van der Waals surface area (Å²) in [6, 6.07) is 13.8. The maximum Gasteiger partial charge on any atom is 0.237 e. The molecule has 1 saturated carbocycles. The maximum atomic E-state index is 14.0. The highest BCUT2D eigenvalue weighted by Gasteiger charge is 2.47. The van der Waals surface area contributed by atoms with Crippen molar-refractivity contribution < 1.29 is 9.18 Å². The molecule has 0 aliphatic heterocycles. The molecule has 0 aromatic heterocycles. The molecule has 4 heteroatoms. The fraction of sp³-hybridized carbons (Fsp3) is 0.278.